The van der Waals surface area contributed by atoms with E-state index in [1.807, 2.05) is 0 Å². The third-order valence-electron chi connectivity index (χ3n) is 6.56. The van der Waals surface area contributed by atoms with E-state index in [0.717, 1.165) is 15.0 Å². The first-order chi connectivity index (χ1) is 15.3. The first kappa shape index (κ1) is 19.4. The van der Waals surface area contributed by atoms with Crippen molar-refractivity contribution in [2.24, 2.45) is 0 Å². The van der Waals surface area contributed by atoms with E-state index in [9.17, 15) is 0 Å². The molecule has 4 aromatic carbocycles. The standard InChI is InChI=1S/C16H14P.C13H9.Ti/c1-12-11-13-7-5-6-10-15(13)16(12)17-14-8-3-2-4-9-14;1-3-7-12-10(5-1)9-11-6-2-4-8-13(11)12;/h2-11,17H,1H3;1-5,7-8H,9H2;. The van der Waals surface area contributed by atoms with Crippen LogP contribution in [0.3, 0.4) is 0 Å². The van der Waals surface area contributed by atoms with Gasteiger partial charge < -0.3 is 0 Å². The van der Waals surface area contributed by atoms with Crippen LogP contribution in [-0.2, 0) is 25.6 Å². The second-order valence-corrected chi connectivity index (χ2v) is 11.9. The van der Waals surface area contributed by atoms with Gasteiger partial charge in [0.2, 0.25) is 0 Å². The Balaban J connectivity index is 1.39. The van der Waals surface area contributed by atoms with Gasteiger partial charge in [-0.05, 0) is 0 Å². The predicted octanol–water partition coefficient (Wildman–Crippen LogP) is 6.46. The molecule has 0 spiro atoms. The summed E-state index contributed by atoms with van der Waals surface area (Å²) >= 11 is -0.343. The number of rotatable bonds is 4. The molecule has 0 aromatic heterocycles. The predicted molar refractivity (Wildman–Crippen MR) is 130 cm³/mol. The van der Waals surface area contributed by atoms with Crippen molar-refractivity contribution in [1.82, 2.24) is 0 Å². The first-order valence-electron chi connectivity index (χ1n) is 10.9. The van der Waals surface area contributed by atoms with Crippen LogP contribution in [0.15, 0.2) is 103 Å². The summed E-state index contributed by atoms with van der Waals surface area (Å²) in [5, 5.41) is 3.01. The van der Waals surface area contributed by atoms with Crippen LogP contribution in [0.25, 0.3) is 16.4 Å². The molecule has 0 aliphatic heterocycles. The number of allylic oxidation sites excluding steroid dienone is 1. The maximum absolute atomic E-state index is 2.41. The van der Waals surface area contributed by atoms with Crippen molar-refractivity contribution in [3.63, 3.8) is 0 Å². The fourth-order valence-electron chi connectivity index (χ4n) is 5.03. The fraction of sp³-hybridized carbons (Fsp3) is 0.103. The Hall–Kier alpha value is -2.24. The Morgan fingerprint density at radius 1 is 0.710 bits per heavy atom. The molecule has 0 N–H and O–H groups in total. The van der Waals surface area contributed by atoms with Crippen LogP contribution in [0, 0.1) is 0 Å². The van der Waals surface area contributed by atoms with E-state index in [0.29, 0.717) is 4.22 Å². The quantitative estimate of drug-likeness (QED) is 0.218. The van der Waals surface area contributed by atoms with Gasteiger partial charge in [-0.3, -0.25) is 0 Å². The molecule has 0 heterocycles. The number of hydrogen-bond acceptors (Lipinski definition) is 0. The minimum absolute atomic E-state index is 0.343. The molecule has 2 atom stereocenters. The van der Waals surface area contributed by atoms with E-state index in [-0.39, 0.29) is 19.2 Å². The number of benzene rings is 4. The molecule has 2 aliphatic rings. The molecular formula is C29H23PTi. The molecule has 0 fully saturated rings. The van der Waals surface area contributed by atoms with E-state index in [2.05, 4.69) is 104 Å². The maximum atomic E-state index is 2.41. The first-order valence-corrected chi connectivity index (χ1v) is 13.6. The summed E-state index contributed by atoms with van der Waals surface area (Å²) in [6.45, 7) is 2.40. The summed E-state index contributed by atoms with van der Waals surface area (Å²) < 4.78 is 2.23. The average Bonchev–Trinajstić information content (AvgIpc) is 3.32. The Morgan fingerprint density at radius 3 is 2.29 bits per heavy atom. The van der Waals surface area contributed by atoms with Crippen LogP contribution in [0.1, 0.15) is 33.4 Å². The van der Waals surface area contributed by atoms with Crippen molar-refractivity contribution in [3.05, 3.63) is 125 Å². The van der Waals surface area contributed by atoms with Gasteiger partial charge in [0, 0.05) is 0 Å². The molecule has 6 rings (SSSR count). The molecule has 2 aliphatic carbocycles. The van der Waals surface area contributed by atoms with Crippen LogP contribution in [-0.4, -0.2) is 0 Å². The molecule has 31 heavy (non-hydrogen) atoms. The average molecular weight is 450 g/mol. The van der Waals surface area contributed by atoms with Crippen molar-refractivity contribution in [3.8, 4) is 11.1 Å². The van der Waals surface area contributed by atoms with Crippen molar-refractivity contribution < 1.29 is 19.2 Å². The molecular weight excluding hydrogens is 427 g/mol. The summed E-state index contributed by atoms with van der Waals surface area (Å²) in [5.41, 5.74) is 10.7. The van der Waals surface area contributed by atoms with E-state index in [1.54, 1.807) is 25.9 Å². The van der Waals surface area contributed by atoms with Gasteiger partial charge in [-0.15, -0.1) is 0 Å². The summed E-state index contributed by atoms with van der Waals surface area (Å²) in [6, 6.07) is 36.1. The molecule has 0 radical (unpaired) electrons. The normalized spacial score (nSPS) is 16.5. The Labute approximate surface area is 195 Å². The summed E-state index contributed by atoms with van der Waals surface area (Å²) in [5.74, 6) is 0. The Kier molecular flexibility index (Phi) is 5.04. The third kappa shape index (κ3) is 3.39. The molecule has 0 nitrogen and oxygen atoms in total. The van der Waals surface area contributed by atoms with Gasteiger partial charge in [0.1, 0.15) is 0 Å². The number of hydrogen-bond donors (Lipinski definition) is 0. The van der Waals surface area contributed by atoms with Crippen molar-refractivity contribution in [1.29, 1.82) is 0 Å². The second kappa shape index (κ2) is 8.03. The van der Waals surface area contributed by atoms with Crippen molar-refractivity contribution >= 4 is 23.1 Å². The zero-order valence-corrected chi connectivity index (χ0v) is 20.1. The summed E-state index contributed by atoms with van der Waals surface area (Å²) in [7, 11) is 0.733. The minimum atomic E-state index is -0.343. The van der Waals surface area contributed by atoms with E-state index in [4.69, 9.17) is 0 Å². The fourth-order valence-corrected chi connectivity index (χ4v) is 9.22. The van der Waals surface area contributed by atoms with Gasteiger partial charge in [-0.2, -0.15) is 0 Å². The van der Waals surface area contributed by atoms with Crippen LogP contribution in [0.2, 0.25) is 0 Å². The zero-order chi connectivity index (χ0) is 20.8. The molecule has 0 saturated heterocycles. The van der Waals surface area contributed by atoms with Gasteiger partial charge >= 0.3 is 196 Å². The van der Waals surface area contributed by atoms with Gasteiger partial charge in [-0.1, -0.05) is 0 Å². The molecule has 2 heteroatoms. The van der Waals surface area contributed by atoms with E-state index in [1.165, 1.54) is 27.6 Å². The van der Waals surface area contributed by atoms with Gasteiger partial charge in [0.05, 0.1) is 0 Å². The van der Waals surface area contributed by atoms with Gasteiger partial charge in [0.25, 0.3) is 0 Å². The molecule has 0 amide bonds. The third-order valence-corrected chi connectivity index (χ3v) is 10.9. The number of fused-ring (bicyclic) bond motifs is 4. The van der Waals surface area contributed by atoms with E-state index >= 15 is 0 Å². The Bertz CT molecular complexity index is 1320. The van der Waals surface area contributed by atoms with Crippen LogP contribution in [0.4, 0.5) is 0 Å². The van der Waals surface area contributed by atoms with Crippen LogP contribution < -0.4 is 9.17 Å². The molecule has 4 aromatic rings. The van der Waals surface area contributed by atoms with Crippen molar-refractivity contribution in [2.75, 3.05) is 0 Å². The zero-order valence-electron chi connectivity index (χ0n) is 17.5. The monoisotopic (exact) mass is 450 g/mol. The second-order valence-electron chi connectivity index (χ2n) is 8.38. The topological polar surface area (TPSA) is 0 Å². The summed E-state index contributed by atoms with van der Waals surface area (Å²) in [6.07, 6.45) is 1.10. The van der Waals surface area contributed by atoms with Crippen LogP contribution >= 0.6 is 8.58 Å². The SMILES string of the molecule is CC1=C(Pc2ccccc2)c2ccccc2[CH]1[Ti][c]1cccc2c1Cc1ccccc1-2. The van der Waals surface area contributed by atoms with Crippen molar-refractivity contribution in [2.45, 2.75) is 17.6 Å². The van der Waals surface area contributed by atoms with Crippen LogP contribution in [0.5, 0.6) is 0 Å². The molecule has 0 saturated carbocycles. The molecule has 148 valence electrons. The van der Waals surface area contributed by atoms with Gasteiger partial charge in [-0.25, -0.2) is 0 Å². The molecule has 2 unspecified atom stereocenters. The summed E-state index contributed by atoms with van der Waals surface area (Å²) in [4.78, 5) is 0. The van der Waals surface area contributed by atoms with Gasteiger partial charge in [0.15, 0.2) is 0 Å². The molecule has 0 bridgehead atoms. The Morgan fingerprint density at radius 2 is 1.42 bits per heavy atom. The van der Waals surface area contributed by atoms with E-state index < -0.39 is 0 Å².